The maximum absolute atomic E-state index is 12.7. The molecule has 0 aromatic heterocycles. The second kappa shape index (κ2) is 9.23. The van der Waals surface area contributed by atoms with Crippen LogP contribution in [0.3, 0.4) is 0 Å². The minimum absolute atomic E-state index is 0.0417. The first-order valence-electron chi connectivity index (χ1n) is 9.40. The predicted molar refractivity (Wildman–Crippen MR) is 108 cm³/mol. The van der Waals surface area contributed by atoms with E-state index in [1.54, 1.807) is 36.3 Å². The minimum Gasteiger partial charge on any atom is -0.497 e. The number of nitrogens with one attached hydrogen (secondary N) is 1. The van der Waals surface area contributed by atoms with E-state index >= 15 is 0 Å². The van der Waals surface area contributed by atoms with E-state index in [4.69, 9.17) is 9.47 Å². The Balaban J connectivity index is 1.58. The van der Waals surface area contributed by atoms with Gasteiger partial charge in [-0.25, -0.2) is 4.79 Å². The molecule has 3 rings (SSSR count). The molecule has 1 atom stereocenters. The van der Waals surface area contributed by atoms with Crippen LogP contribution < -0.4 is 10.1 Å². The lowest BCUT2D eigenvalue weighted by Crippen LogP contribution is -2.30. The highest BCUT2D eigenvalue weighted by Gasteiger charge is 2.34. The molecule has 0 aliphatic carbocycles. The number of nitrogens with zero attached hydrogens (tertiary/aromatic N) is 1. The van der Waals surface area contributed by atoms with Crippen LogP contribution in [0.4, 0.5) is 5.69 Å². The molecule has 0 bridgehead atoms. The van der Waals surface area contributed by atoms with E-state index in [9.17, 15) is 14.4 Å². The summed E-state index contributed by atoms with van der Waals surface area (Å²) in [5.74, 6) is -0.509. The molecule has 1 aliphatic rings. The summed E-state index contributed by atoms with van der Waals surface area (Å²) >= 11 is 0. The molecule has 2 aromatic carbocycles. The van der Waals surface area contributed by atoms with E-state index in [2.05, 4.69) is 5.32 Å². The van der Waals surface area contributed by atoms with Crippen molar-refractivity contribution in [1.82, 2.24) is 4.90 Å². The zero-order valence-electron chi connectivity index (χ0n) is 16.5. The van der Waals surface area contributed by atoms with E-state index < -0.39 is 11.9 Å². The predicted octanol–water partition coefficient (Wildman–Crippen LogP) is 2.51. The minimum atomic E-state index is -0.524. The number of amides is 2. The summed E-state index contributed by atoms with van der Waals surface area (Å²) in [5.41, 5.74) is 1.76. The molecule has 2 amide bonds. The number of carbonyl (C=O) groups excluding carboxylic acids is 3. The molecule has 1 saturated heterocycles. The van der Waals surface area contributed by atoms with Crippen LogP contribution in [0.2, 0.25) is 0 Å². The van der Waals surface area contributed by atoms with Gasteiger partial charge in [0.15, 0.2) is 0 Å². The fourth-order valence-electron chi connectivity index (χ4n) is 3.34. The first kappa shape index (κ1) is 20.4. The molecule has 0 radical (unpaired) electrons. The largest absolute Gasteiger partial charge is 0.497 e. The number of hydrogen-bond donors (Lipinski definition) is 1. The third-order valence-corrected chi connectivity index (χ3v) is 5.00. The van der Waals surface area contributed by atoms with Gasteiger partial charge in [0.1, 0.15) is 5.75 Å². The quantitative estimate of drug-likeness (QED) is 0.727. The van der Waals surface area contributed by atoms with Crippen LogP contribution >= 0.6 is 0 Å². The molecule has 152 valence electrons. The zero-order chi connectivity index (χ0) is 20.8. The number of rotatable bonds is 7. The Kier molecular flexibility index (Phi) is 6.49. The summed E-state index contributed by atoms with van der Waals surface area (Å²) in [6, 6.07) is 14.3. The lowest BCUT2D eigenvalue weighted by Gasteiger charge is -2.17. The maximum Gasteiger partial charge on any atom is 0.339 e. The fraction of sp³-hybridized carbons (Fsp3) is 0.318. The van der Waals surface area contributed by atoms with Gasteiger partial charge in [0.25, 0.3) is 0 Å². The van der Waals surface area contributed by atoms with Crippen LogP contribution in [0, 0.1) is 5.92 Å². The highest BCUT2D eigenvalue weighted by atomic mass is 16.5. The first-order chi connectivity index (χ1) is 14.0. The Morgan fingerprint density at radius 2 is 1.83 bits per heavy atom. The number of para-hydroxylation sites is 1. The molecule has 0 saturated carbocycles. The molecular formula is C22H24N2O5. The topological polar surface area (TPSA) is 84.9 Å². The van der Waals surface area contributed by atoms with Crippen molar-refractivity contribution in [3.05, 3.63) is 59.7 Å². The molecule has 29 heavy (non-hydrogen) atoms. The Morgan fingerprint density at radius 3 is 2.52 bits per heavy atom. The molecule has 7 heteroatoms. The van der Waals surface area contributed by atoms with Gasteiger partial charge in [0.05, 0.1) is 31.4 Å². The SMILES string of the molecule is COC(=O)c1ccccc1NC(=O)C1CC(=O)N(CCc2ccc(OC)cc2)C1. The van der Waals surface area contributed by atoms with E-state index in [1.165, 1.54) is 7.11 Å². The van der Waals surface area contributed by atoms with Crippen LogP contribution in [-0.2, 0) is 20.7 Å². The monoisotopic (exact) mass is 396 g/mol. The zero-order valence-corrected chi connectivity index (χ0v) is 16.5. The summed E-state index contributed by atoms with van der Waals surface area (Å²) in [6.07, 6.45) is 0.865. The van der Waals surface area contributed by atoms with Crippen molar-refractivity contribution in [2.75, 3.05) is 32.6 Å². The van der Waals surface area contributed by atoms with Gasteiger partial charge in [0.2, 0.25) is 11.8 Å². The summed E-state index contributed by atoms with van der Waals surface area (Å²) in [7, 11) is 2.91. The van der Waals surface area contributed by atoms with E-state index in [1.807, 2.05) is 24.3 Å². The van der Waals surface area contributed by atoms with E-state index in [-0.39, 0.29) is 23.8 Å². The van der Waals surface area contributed by atoms with E-state index in [0.29, 0.717) is 25.2 Å². The summed E-state index contributed by atoms with van der Waals surface area (Å²) in [4.78, 5) is 38.6. The summed E-state index contributed by atoms with van der Waals surface area (Å²) in [5, 5.41) is 2.76. The third kappa shape index (κ3) is 4.93. The number of carbonyl (C=O) groups is 3. The van der Waals surface area contributed by atoms with Crippen molar-refractivity contribution < 1.29 is 23.9 Å². The number of anilines is 1. The Labute approximate surface area is 169 Å². The highest BCUT2D eigenvalue weighted by molar-refractivity contribution is 6.03. The average molecular weight is 396 g/mol. The van der Waals surface area contributed by atoms with Crippen molar-refractivity contribution in [2.45, 2.75) is 12.8 Å². The van der Waals surface area contributed by atoms with Crippen LogP contribution in [0.5, 0.6) is 5.75 Å². The van der Waals surface area contributed by atoms with Crippen LogP contribution in [0.15, 0.2) is 48.5 Å². The van der Waals surface area contributed by atoms with Gasteiger partial charge in [-0.05, 0) is 36.2 Å². The number of benzene rings is 2. The van der Waals surface area contributed by atoms with Gasteiger partial charge in [-0.15, -0.1) is 0 Å². The summed E-state index contributed by atoms with van der Waals surface area (Å²) in [6.45, 7) is 0.912. The number of methoxy groups -OCH3 is 2. The third-order valence-electron chi connectivity index (χ3n) is 5.00. The second-order valence-electron chi connectivity index (χ2n) is 6.87. The summed E-state index contributed by atoms with van der Waals surface area (Å²) < 4.78 is 9.89. The molecule has 2 aromatic rings. The average Bonchev–Trinajstić information content (AvgIpc) is 3.13. The van der Waals surface area contributed by atoms with Gasteiger partial charge in [-0.3, -0.25) is 9.59 Å². The maximum atomic E-state index is 12.7. The number of esters is 1. The first-order valence-corrected chi connectivity index (χ1v) is 9.40. The van der Waals surface area contributed by atoms with Crippen LogP contribution in [0.1, 0.15) is 22.3 Å². The van der Waals surface area contributed by atoms with Crippen molar-refractivity contribution >= 4 is 23.5 Å². The van der Waals surface area contributed by atoms with Gasteiger partial charge in [-0.1, -0.05) is 24.3 Å². The Bertz CT molecular complexity index is 894. The number of likely N-dealkylation sites (tertiary alicyclic amines) is 1. The normalized spacial score (nSPS) is 15.9. The second-order valence-corrected chi connectivity index (χ2v) is 6.87. The fourth-order valence-corrected chi connectivity index (χ4v) is 3.34. The number of ether oxygens (including phenoxy) is 2. The van der Waals surface area contributed by atoms with Gasteiger partial charge < -0.3 is 19.7 Å². The number of hydrogen-bond acceptors (Lipinski definition) is 5. The van der Waals surface area contributed by atoms with Crippen molar-refractivity contribution in [1.29, 1.82) is 0 Å². The molecule has 1 N–H and O–H groups in total. The smallest absolute Gasteiger partial charge is 0.339 e. The highest BCUT2D eigenvalue weighted by Crippen LogP contribution is 2.23. The lowest BCUT2D eigenvalue weighted by molar-refractivity contribution is -0.128. The standard InChI is InChI=1S/C22H24N2O5/c1-28-17-9-7-15(8-10-17)11-12-24-14-16(13-20(24)25)21(26)23-19-6-4-3-5-18(19)22(27)29-2/h3-10,16H,11-14H2,1-2H3,(H,23,26). The van der Waals surface area contributed by atoms with Gasteiger partial charge in [0, 0.05) is 19.5 Å². The van der Waals surface area contributed by atoms with Crippen LogP contribution in [0.25, 0.3) is 0 Å². The van der Waals surface area contributed by atoms with Crippen LogP contribution in [-0.4, -0.2) is 50.0 Å². The van der Waals surface area contributed by atoms with Gasteiger partial charge >= 0.3 is 5.97 Å². The van der Waals surface area contributed by atoms with E-state index in [0.717, 1.165) is 11.3 Å². The Morgan fingerprint density at radius 1 is 1.10 bits per heavy atom. The molecule has 1 unspecified atom stereocenters. The molecular weight excluding hydrogens is 372 g/mol. The van der Waals surface area contributed by atoms with Crippen molar-refractivity contribution in [3.63, 3.8) is 0 Å². The molecule has 1 aliphatic heterocycles. The Hall–Kier alpha value is -3.35. The lowest BCUT2D eigenvalue weighted by atomic mass is 10.1. The van der Waals surface area contributed by atoms with Crippen molar-refractivity contribution in [3.8, 4) is 5.75 Å². The molecule has 7 nitrogen and oxygen atoms in total. The van der Waals surface area contributed by atoms with Gasteiger partial charge in [-0.2, -0.15) is 0 Å². The molecule has 1 heterocycles. The molecule has 1 fully saturated rings. The van der Waals surface area contributed by atoms with Crippen molar-refractivity contribution in [2.24, 2.45) is 5.92 Å². The molecule has 0 spiro atoms.